The molecule has 2 rings (SSSR count). The monoisotopic (exact) mass is 402 g/mol. The molecule has 0 saturated heterocycles. The largest absolute Gasteiger partial charge is 0.384 e. The third-order valence-electron chi connectivity index (χ3n) is 4.12. The quantitative estimate of drug-likeness (QED) is 0.400. The van der Waals surface area contributed by atoms with Gasteiger partial charge in [-0.15, -0.1) is 0 Å². The molecule has 7 nitrogen and oxygen atoms in total. The van der Waals surface area contributed by atoms with Gasteiger partial charge in [0.05, 0.1) is 4.90 Å². The van der Waals surface area contributed by atoms with Crippen molar-refractivity contribution in [3.63, 3.8) is 0 Å². The van der Waals surface area contributed by atoms with E-state index >= 15 is 0 Å². The molecule has 1 unspecified atom stereocenters. The maximum Gasteiger partial charge on any atom is 0.242 e. The van der Waals surface area contributed by atoms with Gasteiger partial charge in [-0.1, -0.05) is 31.5 Å². The molecule has 0 radical (unpaired) electrons. The van der Waals surface area contributed by atoms with Crippen molar-refractivity contribution in [3.8, 4) is 0 Å². The van der Waals surface area contributed by atoms with E-state index in [0.29, 0.717) is 17.7 Å². The van der Waals surface area contributed by atoms with Crippen LogP contribution < -0.4 is 15.8 Å². The summed E-state index contributed by atoms with van der Waals surface area (Å²) in [4.78, 5) is 12.8. The molecule has 0 saturated carbocycles. The summed E-state index contributed by atoms with van der Waals surface area (Å²) in [7, 11) is -3.83. The van der Waals surface area contributed by atoms with Crippen LogP contribution in [0.1, 0.15) is 31.4 Å². The first-order chi connectivity index (χ1) is 13.1. The van der Waals surface area contributed by atoms with E-state index in [1.54, 1.807) is 36.4 Å². The lowest BCUT2D eigenvalue weighted by Crippen LogP contribution is -2.44. The number of carbonyl (C=O) groups is 1. The topological polar surface area (TPSA) is 125 Å². The molecule has 0 aromatic heterocycles. The molecule has 0 aliphatic heterocycles. The number of hydrogen-bond acceptors (Lipinski definition) is 4. The molecule has 150 valence electrons. The molecule has 28 heavy (non-hydrogen) atoms. The number of amidine groups is 1. The lowest BCUT2D eigenvalue weighted by molar-refractivity contribution is -0.118. The predicted octanol–water partition coefficient (Wildman–Crippen LogP) is 2.61. The van der Waals surface area contributed by atoms with Crippen molar-refractivity contribution in [1.82, 2.24) is 4.72 Å². The zero-order valence-corrected chi connectivity index (χ0v) is 17.0. The summed E-state index contributed by atoms with van der Waals surface area (Å²) in [5.74, 6) is -0.405. The second-order valence-electron chi connectivity index (χ2n) is 7.10. The number of nitrogen functional groups attached to an aromatic ring is 1. The van der Waals surface area contributed by atoms with Crippen molar-refractivity contribution in [2.24, 2.45) is 11.7 Å². The highest BCUT2D eigenvalue weighted by Crippen LogP contribution is 2.15. The Morgan fingerprint density at radius 3 is 2.14 bits per heavy atom. The molecular formula is C20H26N4O3S. The maximum atomic E-state index is 12.7. The summed E-state index contributed by atoms with van der Waals surface area (Å²) >= 11 is 0. The summed E-state index contributed by atoms with van der Waals surface area (Å²) in [5.41, 5.74) is 7.41. The van der Waals surface area contributed by atoms with E-state index in [9.17, 15) is 13.2 Å². The lowest BCUT2D eigenvalue weighted by atomic mass is 10.0. The van der Waals surface area contributed by atoms with E-state index in [4.69, 9.17) is 11.1 Å². The van der Waals surface area contributed by atoms with Crippen molar-refractivity contribution in [2.75, 3.05) is 5.32 Å². The molecule has 0 heterocycles. The summed E-state index contributed by atoms with van der Waals surface area (Å²) in [6.45, 7) is 5.71. The number of sulfonamides is 1. The van der Waals surface area contributed by atoms with Crippen LogP contribution in [0.25, 0.3) is 0 Å². The lowest BCUT2D eigenvalue weighted by Gasteiger charge is -2.20. The molecule has 0 aliphatic carbocycles. The van der Waals surface area contributed by atoms with Gasteiger partial charge in [0.25, 0.3) is 0 Å². The average molecular weight is 403 g/mol. The Hall–Kier alpha value is -2.71. The molecule has 1 atom stereocenters. The minimum absolute atomic E-state index is 0.0681. The van der Waals surface area contributed by atoms with Crippen molar-refractivity contribution in [2.45, 2.75) is 38.1 Å². The first-order valence-electron chi connectivity index (χ1n) is 8.93. The summed E-state index contributed by atoms with van der Waals surface area (Å²) in [6, 6.07) is 12.0. The maximum absolute atomic E-state index is 12.7. The van der Waals surface area contributed by atoms with Crippen LogP contribution in [0, 0.1) is 18.3 Å². The standard InChI is InChI=1S/C20H26N4O3S/c1-13(2)12-18(24-28(26,27)17-10-4-14(3)5-11-17)20(25)23-16-8-6-15(7-9-16)19(21)22/h4-11,13,18,24H,12H2,1-3H3,(H3,21,22)(H,23,25). The van der Waals surface area contributed by atoms with Gasteiger partial charge in [-0.25, -0.2) is 8.42 Å². The van der Waals surface area contributed by atoms with Crippen LogP contribution in [-0.2, 0) is 14.8 Å². The van der Waals surface area contributed by atoms with E-state index in [1.807, 2.05) is 20.8 Å². The van der Waals surface area contributed by atoms with E-state index in [-0.39, 0.29) is 16.6 Å². The van der Waals surface area contributed by atoms with E-state index in [1.165, 1.54) is 12.1 Å². The average Bonchev–Trinajstić information content (AvgIpc) is 2.61. The summed E-state index contributed by atoms with van der Waals surface area (Å²) in [6.07, 6.45) is 0.350. The van der Waals surface area contributed by atoms with Gasteiger partial charge < -0.3 is 11.1 Å². The fourth-order valence-electron chi connectivity index (χ4n) is 2.62. The van der Waals surface area contributed by atoms with Crippen LogP contribution in [0.2, 0.25) is 0 Å². The highest BCUT2D eigenvalue weighted by Gasteiger charge is 2.26. The Morgan fingerprint density at radius 1 is 1.07 bits per heavy atom. The van der Waals surface area contributed by atoms with Crippen LogP contribution >= 0.6 is 0 Å². The zero-order valence-electron chi connectivity index (χ0n) is 16.2. The van der Waals surface area contributed by atoms with E-state index in [0.717, 1.165) is 5.56 Å². The van der Waals surface area contributed by atoms with Crippen LogP contribution in [0.5, 0.6) is 0 Å². The molecular weight excluding hydrogens is 376 g/mol. The highest BCUT2D eigenvalue weighted by atomic mass is 32.2. The Kier molecular flexibility index (Phi) is 6.93. The summed E-state index contributed by atoms with van der Waals surface area (Å²) < 4.78 is 27.9. The molecule has 1 amide bonds. The van der Waals surface area contributed by atoms with Crippen molar-refractivity contribution in [3.05, 3.63) is 59.7 Å². The van der Waals surface area contributed by atoms with E-state index < -0.39 is 22.0 Å². The Balaban J connectivity index is 2.18. The van der Waals surface area contributed by atoms with Crippen LogP contribution in [0.4, 0.5) is 5.69 Å². The number of aryl methyl sites for hydroxylation is 1. The van der Waals surface area contributed by atoms with Crippen LogP contribution in [-0.4, -0.2) is 26.2 Å². The predicted molar refractivity (Wildman–Crippen MR) is 111 cm³/mol. The molecule has 5 N–H and O–H groups in total. The van der Waals surface area contributed by atoms with Gasteiger partial charge in [0.15, 0.2) is 0 Å². The van der Waals surface area contributed by atoms with Crippen molar-refractivity contribution >= 4 is 27.5 Å². The van der Waals surface area contributed by atoms with Crippen molar-refractivity contribution < 1.29 is 13.2 Å². The van der Waals surface area contributed by atoms with Gasteiger partial charge in [-0.2, -0.15) is 4.72 Å². The number of anilines is 1. The fourth-order valence-corrected chi connectivity index (χ4v) is 3.82. The first kappa shape index (κ1) is 21.6. The van der Waals surface area contributed by atoms with Gasteiger partial charge in [-0.3, -0.25) is 10.2 Å². The third-order valence-corrected chi connectivity index (χ3v) is 5.60. The normalized spacial score (nSPS) is 12.6. The second-order valence-corrected chi connectivity index (χ2v) is 8.81. The smallest absolute Gasteiger partial charge is 0.242 e. The molecule has 2 aromatic rings. The highest BCUT2D eigenvalue weighted by molar-refractivity contribution is 7.89. The number of nitrogens with one attached hydrogen (secondary N) is 3. The molecule has 0 spiro atoms. The molecule has 8 heteroatoms. The third kappa shape index (κ3) is 5.90. The Bertz CT molecular complexity index is 936. The van der Waals surface area contributed by atoms with Gasteiger partial charge >= 0.3 is 0 Å². The minimum Gasteiger partial charge on any atom is -0.384 e. The molecule has 2 aromatic carbocycles. The van der Waals surface area contributed by atoms with E-state index in [2.05, 4.69) is 10.0 Å². The Labute approximate surface area is 165 Å². The van der Waals surface area contributed by atoms with Gasteiger partial charge in [0.1, 0.15) is 11.9 Å². The SMILES string of the molecule is Cc1ccc(S(=O)(=O)NC(CC(C)C)C(=O)Nc2ccc(C(=N)N)cc2)cc1. The van der Waals surface area contributed by atoms with Gasteiger partial charge in [-0.05, 0) is 55.7 Å². The van der Waals surface area contributed by atoms with Crippen LogP contribution in [0.15, 0.2) is 53.4 Å². The zero-order chi connectivity index (χ0) is 20.9. The number of nitrogens with two attached hydrogens (primary N) is 1. The number of carbonyl (C=O) groups excluding carboxylic acids is 1. The van der Waals surface area contributed by atoms with Crippen molar-refractivity contribution in [1.29, 1.82) is 5.41 Å². The van der Waals surface area contributed by atoms with Crippen LogP contribution in [0.3, 0.4) is 0 Å². The number of rotatable bonds is 8. The first-order valence-corrected chi connectivity index (χ1v) is 10.4. The number of benzene rings is 2. The molecule has 0 fully saturated rings. The minimum atomic E-state index is -3.83. The number of hydrogen-bond donors (Lipinski definition) is 4. The van der Waals surface area contributed by atoms with Gasteiger partial charge in [0, 0.05) is 11.3 Å². The second kappa shape index (κ2) is 8.99. The Morgan fingerprint density at radius 2 is 1.64 bits per heavy atom. The molecule has 0 aliphatic rings. The molecule has 0 bridgehead atoms. The summed E-state index contributed by atoms with van der Waals surface area (Å²) in [5, 5.41) is 10.1. The fraction of sp³-hybridized carbons (Fsp3) is 0.300. The van der Waals surface area contributed by atoms with Gasteiger partial charge in [0.2, 0.25) is 15.9 Å². The number of amides is 1.